The van der Waals surface area contributed by atoms with E-state index in [2.05, 4.69) is 6.07 Å². The fraction of sp³-hybridized carbons (Fsp3) is 0.529. The number of carboxylic acids is 1. The van der Waals surface area contributed by atoms with Crippen LogP contribution in [0.25, 0.3) is 0 Å². The van der Waals surface area contributed by atoms with Crippen molar-refractivity contribution in [2.75, 3.05) is 20.2 Å². The van der Waals surface area contributed by atoms with Crippen molar-refractivity contribution in [3.63, 3.8) is 0 Å². The molecule has 1 N–H and O–H groups in total. The first kappa shape index (κ1) is 16.3. The van der Waals surface area contributed by atoms with E-state index in [1.807, 2.05) is 18.2 Å². The average molecular weight is 305 g/mol. The van der Waals surface area contributed by atoms with Gasteiger partial charge in [-0.3, -0.25) is 9.59 Å². The lowest BCUT2D eigenvalue weighted by atomic mass is 9.89. The fourth-order valence-electron chi connectivity index (χ4n) is 2.92. The van der Waals surface area contributed by atoms with Gasteiger partial charge in [-0.1, -0.05) is 18.2 Å². The van der Waals surface area contributed by atoms with E-state index in [9.17, 15) is 9.59 Å². The minimum atomic E-state index is -1.05. The van der Waals surface area contributed by atoms with Gasteiger partial charge in [0.25, 0.3) is 0 Å². The maximum atomic E-state index is 12.0. The molecule has 1 fully saturated rings. The number of rotatable bonds is 5. The predicted octanol–water partition coefficient (Wildman–Crippen LogP) is 2.20. The Kier molecular flexibility index (Phi) is 5.41. The molecule has 0 bridgehead atoms. The van der Waals surface area contributed by atoms with Crippen molar-refractivity contribution in [2.24, 2.45) is 11.8 Å². The van der Waals surface area contributed by atoms with Crippen LogP contribution in [0.4, 0.5) is 0 Å². The number of methoxy groups -OCH3 is 1. The summed E-state index contributed by atoms with van der Waals surface area (Å²) in [7, 11) is 1.67. The van der Waals surface area contributed by atoms with Crippen molar-refractivity contribution < 1.29 is 19.4 Å². The summed E-state index contributed by atoms with van der Waals surface area (Å²) >= 11 is 0. The van der Waals surface area contributed by atoms with Gasteiger partial charge in [0.2, 0.25) is 5.91 Å². The van der Waals surface area contributed by atoms with Gasteiger partial charge < -0.3 is 14.7 Å². The molecule has 1 aliphatic heterocycles. The molecular weight excluding hydrogens is 282 g/mol. The third-order valence-electron chi connectivity index (χ3n) is 4.37. The number of carboxylic acid groups (broad SMARTS) is 1. The van der Waals surface area contributed by atoms with Gasteiger partial charge in [-0.15, -0.1) is 0 Å². The number of nitrogens with zero attached hydrogens (tertiary/aromatic N) is 1. The molecule has 1 unspecified atom stereocenters. The number of carbonyl (C=O) groups is 2. The molecule has 0 radical (unpaired) electrons. The molecule has 1 atom stereocenters. The summed E-state index contributed by atoms with van der Waals surface area (Å²) in [6, 6.07) is 7.99. The fourth-order valence-corrected chi connectivity index (χ4v) is 2.92. The number of benzene rings is 1. The Hall–Kier alpha value is -2.04. The lowest BCUT2D eigenvalue weighted by molar-refractivity contribution is -0.150. The number of hydrogen-bond acceptors (Lipinski definition) is 3. The van der Waals surface area contributed by atoms with Gasteiger partial charge in [-0.25, -0.2) is 0 Å². The molecule has 22 heavy (non-hydrogen) atoms. The van der Waals surface area contributed by atoms with Gasteiger partial charge in [0.1, 0.15) is 11.7 Å². The summed E-state index contributed by atoms with van der Waals surface area (Å²) in [5.74, 6) is -0.879. The second-order valence-corrected chi connectivity index (χ2v) is 5.84. The molecule has 1 aliphatic rings. The number of para-hydroxylation sites is 1. The Morgan fingerprint density at radius 1 is 1.32 bits per heavy atom. The first-order valence-electron chi connectivity index (χ1n) is 7.66. The lowest BCUT2D eigenvalue weighted by Gasteiger charge is -2.33. The number of ether oxygens (including phenoxy) is 1. The maximum absolute atomic E-state index is 12.0. The number of carbonyl (C=O) groups excluding carboxylic acids is 1. The van der Waals surface area contributed by atoms with E-state index < -0.39 is 11.9 Å². The Morgan fingerprint density at radius 2 is 1.95 bits per heavy atom. The molecule has 2 rings (SSSR count). The van der Waals surface area contributed by atoms with Gasteiger partial charge in [0.15, 0.2) is 0 Å². The van der Waals surface area contributed by atoms with Crippen LogP contribution in [-0.4, -0.2) is 42.1 Å². The molecule has 5 nitrogen and oxygen atoms in total. The normalized spacial score (nSPS) is 17.1. The summed E-state index contributed by atoms with van der Waals surface area (Å²) in [5.41, 5.74) is 1.19. The highest BCUT2D eigenvalue weighted by molar-refractivity contribution is 5.96. The zero-order valence-corrected chi connectivity index (χ0v) is 13.1. The minimum absolute atomic E-state index is 0.275. The van der Waals surface area contributed by atoms with Crippen LogP contribution < -0.4 is 4.74 Å². The summed E-state index contributed by atoms with van der Waals surface area (Å²) < 4.78 is 5.37. The monoisotopic (exact) mass is 305 g/mol. The SMILES string of the molecule is COc1ccccc1CC1CCN(C(=O)C(C)C(=O)O)CC1. The molecule has 0 aromatic heterocycles. The number of likely N-dealkylation sites (tertiary alicyclic amines) is 1. The second-order valence-electron chi connectivity index (χ2n) is 5.84. The van der Waals surface area contributed by atoms with Crippen LogP contribution in [-0.2, 0) is 16.0 Å². The van der Waals surface area contributed by atoms with Crippen molar-refractivity contribution in [1.29, 1.82) is 0 Å². The quantitative estimate of drug-likeness (QED) is 0.847. The Labute approximate surface area is 130 Å². The highest BCUT2D eigenvalue weighted by atomic mass is 16.5. The highest BCUT2D eigenvalue weighted by Crippen LogP contribution is 2.27. The summed E-state index contributed by atoms with van der Waals surface area (Å²) in [4.78, 5) is 24.6. The van der Waals surface area contributed by atoms with E-state index in [-0.39, 0.29) is 5.91 Å². The van der Waals surface area contributed by atoms with Crippen molar-refractivity contribution in [3.05, 3.63) is 29.8 Å². The van der Waals surface area contributed by atoms with E-state index >= 15 is 0 Å². The Morgan fingerprint density at radius 3 is 2.55 bits per heavy atom. The molecule has 1 aromatic carbocycles. The highest BCUT2D eigenvalue weighted by Gasteiger charge is 2.29. The van der Waals surface area contributed by atoms with Gasteiger partial charge in [0, 0.05) is 13.1 Å². The molecule has 5 heteroatoms. The van der Waals surface area contributed by atoms with Crippen LogP contribution >= 0.6 is 0 Å². The maximum Gasteiger partial charge on any atom is 0.315 e. The van der Waals surface area contributed by atoms with Crippen LogP contribution in [0.2, 0.25) is 0 Å². The van der Waals surface area contributed by atoms with Crippen molar-refractivity contribution in [3.8, 4) is 5.75 Å². The Balaban J connectivity index is 1.90. The van der Waals surface area contributed by atoms with Crippen molar-refractivity contribution in [1.82, 2.24) is 4.90 Å². The largest absolute Gasteiger partial charge is 0.496 e. The standard InChI is InChI=1S/C17H23NO4/c1-12(17(20)21)16(19)18-9-7-13(8-10-18)11-14-5-3-4-6-15(14)22-2/h3-6,12-13H,7-11H2,1-2H3,(H,20,21). The smallest absolute Gasteiger partial charge is 0.315 e. The zero-order chi connectivity index (χ0) is 16.1. The molecule has 1 aromatic rings. The molecule has 0 saturated carbocycles. The predicted molar refractivity (Wildman–Crippen MR) is 82.8 cm³/mol. The van der Waals surface area contributed by atoms with Crippen molar-refractivity contribution in [2.45, 2.75) is 26.2 Å². The van der Waals surface area contributed by atoms with E-state index in [4.69, 9.17) is 9.84 Å². The van der Waals surface area contributed by atoms with Crippen LogP contribution in [0.15, 0.2) is 24.3 Å². The second kappa shape index (κ2) is 7.29. The van der Waals surface area contributed by atoms with Crippen LogP contribution in [0.5, 0.6) is 5.75 Å². The molecule has 1 saturated heterocycles. The number of amides is 1. The first-order valence-corrected chi connectivity index (χ1v) is 7.66. The molecule has 120 valence electrons. The third-order valence-corrected chi connectivity index (χ3v) is 4.37. The minimum Gasteiger partial charge on any atom is -0.496 e. The van der Waals surface area contributed by atoms with Crippen LogP contribution in [0, 0.1) is 11.8 Å². The van der Waals surface area contributed by atoms with Gasteiger partial charge >= 0.3 is 5.97 Å². The van der Waals surface area contributed by atoms with Gasteiger partial charge in [0.05, 0.1) is 7.11 Å². The Bertz CT molecular complexity index is 535. The van der Waals surface area contributed by atoms with E-state index in [0.29, 0.717) is 19.0 Å². The van der Waals surface area contributed by atoms with Crippen LogP contribution in [0.3, 0.4) is 0 Å². The van der Waals surface area contributed by atoms with Gasteiger partial charge in [-0.2, -0.15) is 0 Å². The van der Waals surface area contributed by atoms with Crippen molar-refractivity contribution >= 4 is 11.9 Å². The number of aliphatic carboxylic acids is 1. The van der Waals surface area contributed by atoms with E-state index in [0.717, 1.165) is 25.0 Å². The molecule has 1 amide bonds. The zero-order valence-electron chi connectivity index (χ0n) is 13.1. The number of hydrogen-bond donors (Lipinski definition) is 1. The van der Waals surface area contributed by atoms with E-state index in [1.165, 1.54) is 12.5 Å². The first-order chi connectivity index (χ1) is 10.5. The van der Waals surface area contributed by atoms with E-state index in [1.54, 1.807) is 12.0 Å². The molecule has 0 aliphatic carbocycles. The summed E-state index contributed by atoms with van der Waals surface area (Å²) in [5, 5.41) is 8.93. The molecule has 0 spiro atoms. The van der Waals surface area contributed by atoms with Crippen LogP contribution in [0.1, 0.15) is 25.3 Å². The average Bonchev–Trinajstić information content (AvgIpc) is 2.54. The molecule has 1 heterocycles. The topological polar surface area (TPSA) is 66.8 Å². The number of piperidine rings is 1. The summed E-state index contributed by atoms with van der Waals surface area (Å²) in [6.45, 7) is 2.72. The molecular formula is C17H23NO4. The summed E-state index contributed by atoms with van der Waals surface area (Å²) in [6.07, 6.45) is 2.73. The lowest BCUT2D eigenvalue weighted by Crippen LogP contribution is -2.43. The van der Waals surface area contributed by atoms with Gasteiger partial charge in [-0.05, 0) is 43.7 Å². The third kappa shape index (κ3) is 3.78.